The van der Waals surface area contributed by atoms with Gasteiger partial charge in [-0.15, -0.1) is 0 Å². The Labute approximate surface area is 105 Å². The molecule has 1 aromatic rings. The topological polar surface area (TPSA) is 81.5 Å². The Morgan fingerprint density at radius 2 is 2.22 bits per heavy atom. The molecular formula is C12H16N2O4. The van der Waals surface area contributed by atoms with Crippen molar-refractivity contribution < 1.29 is 14.5 Å². The van der Waals surface area contributed by atoms with Crippen molar-refractivity contribution in [3.63, 3.8) is 0 Å². The van der Waals surface area contributed by atoms with E-state index in [-0.39, 0.29) is 28.9 Å². The van der Waals surface area contributed by atoms with Gasteiger partial charge in [0.05, 0.1) is 12.0 Å². The molecule has 1 atom stereocenters. The Hall–Kier alpha value is -2.11. The highest BCUT2D eigenvalue weighted by Gasteiger charge is 2.18. The van der Waals surface area contributed by atoms with Crippen molar-refractivity contribution in [3.05, 3.63) is 33.9 Å². The Morgan fingerprint density at radius 3 is 2.72 bits per heavy atom. The molecule has 0 aliphatic carbocycles. The van der Waals surface area contributed by atoms with Crippen LogP contribution in [0.1, 0.15) is 30.6 Å². The van der Waals surface area contributed by atoms with Crippen LogP contribution in [0.3, 0.4) is 0 Å². The summed E-state index contributed by atoms with van der Waals surface area (Å²) in [4.78, 5) is 22.1. The highest BCUT2D eigenvalue weighted by molar-refractivity contribution is 5.95. The van der Waals surface area contributed by atoms with Crippen molar-refractivity contribution in [1.29, 1.82) is 0 Å². The average molecular weight is 252 g/mol. The number of nitro benzene ring substituents is 1. The van der Waals surface area contributed by atoms with Gasteiger partial charge in [-0.3, -0.25) is 14.9 Å². The Balaban J connectivity index is 3.01. The van der Waals surface area contributed by atoms with Crippen molar-refractivity contribution in [2.45, 2.75) is 26.3 Å². The summed E-state index contributed by atoms with van der Waals surface area (Å²) in [7, 11) is 1.35. The first-order valence-electron chi connectivity index (χ1n) is 5.62. The maximum Gasteiger partial charge on any atom is 0.311 e. The zero-order valence-corrected chi connectivity index (χ0v) is 10.6. The zero-order chi connectivity index (χ0) is 13.7. The van der Waals surface area contributed by atoms with Crippen LogP contribution in [-0.4, -0.2) is 24.0 Å². The van der Waals surface area contributed by atoms with Crippen LogP contribution >= 0.6 is 0 Å². The molecule has 0 unspecified atom stereocenters. The van der Waals surface area contributed by atoms with Gasteiger partial charge < -0.3 is 10.1 Å². The summed E-state index contributed by atoms with van der Waals surface area (Å²) in [5.41, 5.74) is 0.0390. The van der Waals surface area contributed by atoms with Crippen LogP contribution < -0.4 is 10.1 Å². The van der Waals surface area contributed by atoms with Crippen molar-refractivity contribution in [2.75, 3.05) is 7.11 Å². The summed E-state index contributed by atoms with van der Waals surface area (Å²) >= 11 is 0. The molecule has 0 aromatic heterocycles. The lowest BCUT2D eigenvalue weighted by atomic mass is 10.1. The summed E-state index contributed by atoms with van der Waals surface area (Å²) in [5, 5.41) is 13.6. The fourth-order valence-electron chi connectivity index (χ4n) is 1.38. The highest BCUT2D eigenvalue weighted by atomic mass is 16.6. The number of nitrogens with zero attached hydrogens (tertiary/aromatic N) is 1. The van der Waals surface area contributed by atoms with Gasteiger partial charge in [0.1, 0.15) is 0 Å². The highest BCUT2D eigenvalue weighted by Crippen LogP contribution is 2.27. The number of rotatable bonds is 5. The van der Waals surface area contributed by atoms with Gasteiger partial charge in [0.25, 0.3) is 5.91 Å². The van der Waals surface area contributed by atoms with Gasteiger partial charge in [0, 0.05) is 17.7 Å². The van der Waals surface area contributed by atoms with E-state index in [9.17, 15) is 14.9 Å². The van der Waals surface area contributed by atoms with Crippen LogP contribution in [0.2, 0.25) is 0 Å². The quantitative estimate of drug-likeness (QED) is 0.643. The molecule has 0 radical (unpaired) electrons. The van der Waals surface area contributed by atoms with E-state index in [1.807, 2.05) is 13.8 Å². The fraction of sp³-hybridized carbons (Fsp3) is 0.417. The second kappa shape index (κ2) is 6.00. The first kappa shape index (κ1) is 14.0. The molecule has 1 rings (SSSR count). The molecule has 6 heteroatoms. The normalized spacial score (nSPS) is 11.7. The first-order chi connectivity index (χ1) is 8.49. The maximum atomic E-state index is 11.8. The fourth-order valence-corrected chi connectivity index (χ4v) is 1.38. The second-order valence-electron chi connectivity index (χ2n) is 3.93. The molecule has 6 nitrogen and oxygen atoms in total. The van der Waals surface area contributed by atoms with Crippen LogP contribution in [0, 0.1) is 10.1 Å². The summed E-state index contributed by atoms with van der Waals surface area (Å²) in [6.45, 7) is 3.82. The molecule has 18 heavy (non-hydrogen) atoms. The van der Waals surface area contributed by atoms with Gasteiger partial charge in [-0.25, -0.2) is 0 Å². The van der Waals surface area contributed by atoms with Gasteiger partial charge in [-0.2, -0.15) is 0 Å². The van der Waals surface area contributed by atoms with E-state index < -0.39 is 4.92 Å². The van der Waals surface area contributed by atoms with E-state index in [1.54, 1.807) is 0 Å². The first-order valence-corrected chi connectivity index (χ1v) is 5.62. The predicted molar refractivity (Wildman–Crippen MR) is 66.9 cm³/mol. The van der Waals surface area contributed by atoms with Crippen LogP contribution in [-0.2, 0) is 0 Å². The lowest BCUT2D eigenvalue weighted by molar-refractivity contribution is -0.385. The van der Waals surface area contributed by atoms with Crippen LogP contribution in [0.25, 0.3) is 0 Å². The van der Waals surface area contributed by atoms with E-state index in [0.29, 0.717) is 0 Å². The monoisotopic (exact) mass is 252 g/mol. The number of hydrogen-bond acceptors (Lipinski definition) is 4. The number of benzene rings is 1. The third-order valence-corrected chi connectivity index (χ3v) is 2.63. The molecule has 0 saturated carbocycles. The molecule has 1 N–H and O–H groups in total. The SMILES string of the molecule is CC[C@H](C)NC(=O)c1ccc(OC)c([N+](=O)[O-])c1. The van der Waals surface area contributed by atoms with E-state index >= 15 is 0 Å². The van der Waals surface area contributed by atoms with Gasteiger partial charge in [0.15, 0.2) is 5.75 Å². The van der Waals surface area contributed by atoms with Crippen LogP contribution in [0.15, 0.2) is 18.2 Å². The Bertz CT molecular complexity index is 459. The number of amides is 1. The summed E-state index contributed by atoms with van der Waals surface area (Å²) in [6, 6.07) is 4.17. The number of nitrogens with one attached hydrogen (secondary N) is 1. The smallest absolute Gasteiger partial charge is 0.311 e. The second-order valence-corrected chi connectivity index (χ2v) is 3.93. The lowest BCUT2D eigenvalue weighted by Crippen LogP contribution is -2.31. The molecule has 0 bridgehead atoms. The maximum absolute atomic E-state index is 11.8. The number of methoxy groups -OCH3 is 1. The number of nitro groups is 1. The van der Waals surface area contributed by atoms with Crippen molar-refractivity contribution in [1.82, 2.24) is 5.32 Å². The average Bonchev–Trinajstić information content (AvgIpc) is 2.37. The van der Waals surface area contributed by atoms with Crippen LogP contribution in [0.5, 0.6) is 5.75 Å². The summed E-state index contributed by atoms with van der Waals surface area (Å²) in [6.07, 6.45) is 0.796. The molecule has 1 aromatic carbocycles. The summed E-state index contributed by atoms with van der Waals surface area (Å²) in [5.74, 6) is -0.185. The predicted octanol–water partition coefficient (Wildman–Crippen LogP) is 2.13. The largest absolute Gasteiger partial charge is 0.490 e. The van der Waals surface area contributed by atoms with Gasteiger partial charge >= 0.3 is 5.69 Å². The molecule has 0 heterocycles. The van der Waals surface area contributed by atoms with Crippen LogP contribution in [0.4, 0.5) is 5.69 Å². The number of hydrogen-bond donors (Lipinski definition) is 1. The minimum absolute atomic E-state index is 0.0265. The van der Waals surface area contributed by atoms with Gasteiger partial charge in [-0.1, -0.05) is 6.92 Å². The molecule has 98 valence electrons. The van der Waals surface area contributed by atoms with Gasteiger partial charge in [0.2, 0.25) is 0 Å². The van der Waals surface area contributed by atoms with Crippen molar-refractivity contribution in [2.24, 2.45) is 0 Å². The number of ether oxygens (including phenoxy) is 1. The molecule has 0 aliphatic rings. The molecule has 0 spiro atoms. The lowest BCUT2D eigenvalue weighted by Gasteiger charge is -2.11. The molecule has 0 aliphatic heterocycles. The van der Waals surface area contributed by atoms with Gasteiger partial charge in [-0.05, 0) is 25.5 Å². The van der Waals surface area contributed by atoms with Crippen molar-refractivity contribution >= 4 is 11.6 Å². The summed E-state index contributed by atoms with van der Waals surface area (Å²) < 4.78 is 4.87. The Morgan fingerprint density at radius 1 is 1.56 bits per heavy atom. The minimum atomic E-state index is -0.571. The third kappa shape index (κ3) is 3.19. The zero-order valence-electron chi connectivity index (χ0n) is 10.6. The minimum Gasteiger partial charge on any atom is -0.490 e. The number of carbonyl (C=O) groups excluding carboxylic acids is 1. The molecule has 0 saturated heterocycles. The molecule has 0 fully saturated rings. The Kier molecular flexibility index (Phi) is 4.65. The van der Waals surface area contributed by atoms with E-state index in [1.165, 1.54) is 25.3 Å². The molecule has 1 amide bonds. The van der Waals surface area contributed by atoms with E-state index in [2.05, 4.69) is 5.32 Å². The van der Waals surface area contributed by atoms with E-state index in [4.69, 9.17) is 4.74 Å². The van der Waals surface area contributed by atoms with E-state index in [0.717, 1.165) is 6.42 Å². The molecular weight excluding hydrogens is 236 g/mol. The number of carbonyl (C=O) groups is 1. The van der Waals surface area contributed by atoms with Crippen molar-refractivity contribution in [3.8, 4) is 5.75 Å². The third-order valence-electron chi connectivity index (χ3n) is 2.63. The standard InChI is InChI=1S/C12H16N2O4/c1-4-8(2)13-12(15)9-5-6-11(18-3)10(7-9)14(16)17/h5-8H,4H2,1-3H3,(H,13,15)/t8-/m0/s1.